The van der Waals surface area contributed by atoms with Crippen LogP contribution in [-0.4, -0.2) is 42.5 Å². The highest BCUT2D eigenvalue weighted by molar-refractivity contribution is 5.30. The number of piperidine rings is 1. The van der Waals surface area contributed by atoms with E-state index in [1.165, 1.54) is 29.5 Å². The summed E-state index contributed by atoms with van der Waals surface area (Å²) in [4.78, 5) is 2.57. The highest BCUT2D eigenvalue weighted by Gasteiger charge is 2.26. The monoisotopic (exact) mass is 364 g/mol. The standard InChI is InChI=1S/C21H28N6/c1-16-7-8-17(2)19(12-16)14-26-10-4-6-18(13-26)21-24-23-20(25(21)3)15-27-11-5-9-22-27/h5,7-9,11-12,18H,4,6,10,13-15H2,1-3H3. The van der Waals surface area contributed by atoms with Crippen LogP contribution in [0.15, 0.2) is 36.7 Å². The van der Waals surface area contributed by atoms with Crippen molar-refractivity contribution in [2.45, 2.75) is 45.7 Å². The first-order chi connectivity index (χ1) is 13.1. The van der Waals surface area contributed by atoms with Crippen molar-refractivity contribution in [3.63, 3.8) is 0 Å². The summed E-state index contributed by atoms with van der Waals surface area (Å²) in [6.07, 6.45) is 6.14. The quantitative estimate of drug-likeness (QED) is 0.698. The summed E-state index contributed by atoms with van der Waals surface area (Å²) in [7, 11) is 2.08. The fourth-order valence-corrected chi connectivity index (χ4v) is 4.03. The highest BCUT2D eigenvalue weighted by Crippen LogP contribution is 2.27. The van der Waals surface area contributed by atoms with E-state index in [4.69, 9.17) is 0 Å². The summed E-state index contributed by atoms with van der Waals surface area (Å²) < 4.78 is 4.05. The van der Waals surface area contributed by atoms with Gasteiger partial charge in [0.15, 0.2) is 5.82 Å². The van der Waals surface area contributed by atoms with E-state index < -0.39 is 0 Å². The minimum Gasteiger partial charge on any atom is -0.316 e. The van der Waals surface area contributed by atoms with Crippen molar-refractivity contribution in [3.05, 3.63) is 65.0 Å². The van der Waals surface area contributed by atoms with Gasteiger partial charge in [0.25, 0.3) is 0 Å². The maximum atomic E-state index is 4.54. The predicted molar refractivity (Wildman–Crippen MR) is 106 cm³/mol. The molecule has 1 aromatic carbocycles. The number of aromatic nitrogens is 5. The summed E-state index contributed by atoms with van der Waals surface area (Å²) >= 11 is 0. The molecule has 1 aliphatic rings. The number of likely N-dealkylation sites (tertiary alicyclic amines) is 1. The lowest BCUT2D eigenvalue weighted by atomic mass is 9.96. The largest absolute Gasteiger partial charge is 0.316 e. The second kappa shape index (κ2) is 7.64. The number of aryl methyl sites for hydroxylation is 2. The summed E-state index contributed by atoms with van der Waals surface area (Å²) in [5.74, 6) is 2.50. The molecule has 4 rings (SSSR count). The van der Waals surface area contributed by atoms with Crippen LogP contribution in [0.1, 0.15) is 47.1 Å². The Balaban J connectivity index is 1.47. The minimum absolute atomic E-state index is 0.438. The van der Waals surface area contributed by atoms with E-state index >= 15 is 0 Å². The van der Waals surface area contributed by atoms with Gasteiger partial charge in [-0.25, -0.2) is 0 Å². The van der Waals surface area contributed by atoms with E-state index in [1.54, 1.807) is 6.20 Å². The SMILES string of the molecule is Cc1ccc(C)c(CN2CCCC(c3nnc(Cn4cccn4)n3C)C2)c1. The Hall–Kier alpha value is -2.47. The van der Waals surface area contributed by atoms with Gasteiger partial charge >= 0.3 is 0 Å². The molecule has 0 radical (unpaired) electrons. The van der Waals surface area contributed by atoms with Gasteiger partial charge in [-0.3, -0.25) is 9.58 Å². The maximum Gasteiger partial charge on any atom is 0.154 e. The number of hydrogen-bond donors (Lipinski definition) is 0. The molecular formula is C21H28N6. The van der Waals surface area contributed by atoms with Crippen LogP contribution >= 0.6 is 0 Å². The van der Waals surface area contributed by atoms with Crippen LogP contribution in [0.4, 0.5) is 0 Å². The van der Waals surface area contributed by atoms with Crippen molar-refractivity contribution in [3.8, 4) is 0 Å². The molecule has 0 amide bonds. The average molecular weight is 364 g/mol. The van der Waals surface area contributed by atoms with Gasteiger partial charge in [0.2, 0.25) is 0 Å². The van der Waals surface area contributed by atoms with Gasteiger partial charge in [0.05, 0.1) is 0 Å². The van der Waals surface area contributed by atoms with Gasteiger partial charge in [0.1, 0.15) is 12.4 Å². The minimum atomic E-state index is 0.438. The Morgan fingerprint density at radius 3 is 2.85 bits per heavy atom. The van der Waals surface area contributed by atoms with Gasteiger partial charge in [-0.15, -0.1) is 10.2 Å². The third-order valence-electron chi connectivity index (χ3n) is 5.63. The number of benzene rings is 1. The first kappa shape index (κ1) is 17.9. The van der Waals surface area contributed by atoms with E-state index in [9.17, 15) is 0 Å². The number of nitrogens with zero attached hydrogens (tertiary/aromatic N) is 6. The first-order valence-corrected chi connectivity index (χ1v) is 9.74. The molecule has 3 aromatic rings. The smallest absolute Gasteiger partial charge is 0.154 e. The van der Waals surface area contributed by atoms with Crippen LogP contribution in [0.5, 0.6) is 0 Å². The van der Waals surface area contributed by atoms with Gasteiger partial charge in [0, 0.05) is 38.4 Å². The molecule has 0 N–H and O–H groups in total. The van der Waals surface area contributed by atoms with Gasteiger partial charge in [-0.1, -0.05) is 23.8 Å². The molecule has 0 aliphatic carbocycles. The topological polar surface area (TPSA) is 51.8 Å². The lowest BCUT2D eigenvalue weighted by Gasteiger charge is -2.32. The molecule has 2 aromatic heterocycles. The predicted octanol–water partition coefficient (Wildman–Crippen LogP) is 3.06. The normalized spacial score (nSPS) is 18.1. The van der Waals surface area contributed by atoms with E-state index in [2.05, 4.69) is 63.9 Å². The molecular weight excluding hydrogens is 336 g/mol. The van der Waals surface area contributed by atoms with Gasteiger partial charge in [-0.05, 0) is 50.4 Å². The molecule has 0 saturated carbocycles. The fourth-order valence-electron chi connectivity index (χ4n) is 4.03. The molecule has 142 valence electrons. The van der Waals surface area contributed by atoms with E-state index in [0.717, 1.165) is 31.3 Å². The molecule has 27 heavy (non-hydrogen) atoms. The van der Waals surface area contributed by atoms with Crippen LogP contribution in [0, 0.1) is 13.8 Å². The van der Waals surface area contributed by atoms with Gasteiger partial charge in [-0.2, -0.15) is 5.10 Å². The zero-order valence-electron chi connectivity index (χ0n) is 16.5. The van der Waals surface area contributed by atoms with Crippen molar-refractivity contribution in [1.29, 1.82) is 0 Å². The van der Waals surface area contributed by atoms with Crippen LogP contribution in [0.3, 0.4) is 0 Å². The Bertz CT molecular complexity index is 896. The van der Waals surface area contributed by atoms with Crippen LogP contribution in [-0.2, 0) is 20.1 Å². The third-order valence-corrected chi connectivity index (χ3v) is 5.63. The molecule has 6 nitrogen and oxygen atoms in total. The van der Waals surface area contributed by atoms with Crippen LogP contribution in [0.2, 0.25) is 0 Å². The Kier molecular flexibility index (Phi) is 5.07. The van der Waals surface area contributed by atoms with Crippen molar-refractivity contribution in [1.82, 2.24) is 29.4 Å². The molecule has 6 heteroatoms. The van der Waals surface area contributed by atoms with Crippen molar-refractivity contribution in [2.75, 3.05) is 13.1 Å². The number of rotatable bonds is 5. The lowest BCUT2D eigenvalue weighted by molar-refractivity contribution is 0.194. The molecule has 1 saturated heterocycles. The molecule has 0 spiro atoms. The van der Waals surface area contributed by atoms with Crippen LogP contribution < -0.4 is 0 Å². The maximum absolute atomic E-state index is 4.54. The first-order valence-electron chi connectivity index (χ1n) is 9.74. The third kappa shape index (κ3) is 3.95. The second-order valence-electron chi connectivity index (χ2n) is 7.74. The molecule has 1 fully saturated rings. The van der Waals surface area contributed by atoms with Crippen molar-refractivity contribution >= 4 is 0 Å². The van der Waals surface area contributed by atoms with E-state index in [0.29, 0.717) is 12.5 Å². The van der Waals surface area contributed by atoms with Crippen molar-refractivity contribution in [2.24, 2.45) is 7.05 Å². The molecule has 1 atom stereocenters. The zero-order valence-corrected chi connectivity index (χ0v) is 16.5. The van der Waals surface area contributed by atoms with Crippen LogP contribution in [0.25, 0.3) is 0 Å². The lowest BCUT2D eigenvalue weighted by Crippen LogP contribution is -2.35. The van der Waals surface area contributed by atoms with Gasteiger partial charge < -0.3 is 4.57 Å². The van der Waals surface area contributed by atoms with E-state index in [1.807, 2.05) is 16.9 Å². The average Bonchev–Trinajstić information content (AvgIpc) is 3.29. The Labute approximate surface area is 160 Å². The molecule has 1 unspecified atom stereocenters. The Morgan fingerprint density at radius 2 is 2.04 bits per heavy atom. The molecule has 0 bridgehead atoms. The summed E-state index contributed by atoms with van der Waals surface area (Å²) in [6, 6.07) is 8.68. The Morgan fingerprint density at radius 1 is 1.15 bits per heavy atom. The second-order valence-corrected chi connectivity index (χ2v) is 7.74. The summed E-state index contributed by atoms with van der Waals surface area (Å²) in [5.41, 5.74) is 4.15. The summed E-state index contributed by atoms with van der Waals surface area (Å²) in [6.45, 7) is 8.25. The fraction of sp³-hybridized carbons (Fsp3) is 0.476. The zero-order chi connectivity index (χ0) is 18.8. The van der Waals surface area contributed by atoms with E-state index in [-0.39, 0.29) is 0 Å². The van der Waals surface area contributed by atoms with Crippen molar-refractivity contribution < 1.29 is 0 Å². The number of hydrogen-bond acceptors (Lipinski definition) is 4. The summed E-state index contributed by atoms with van der Waals surface area (Å²) in [5, 5.41) is 13.2. The highest BCUT2D eigenvalue weighted by atomic mass is 15.3. The molecule has 3 heterocycles. The molecule has 1 aliphatic heterocycles.